The number of aryl methyl sites for hydroxylation is 1. The first-order valence-corrected chi connectivity index (χ1v) is 6.50. The van der Waals surface area contributed by atoms with Crippen LogP contribution in [-0.2, 0) is 0 Å². The summed E-state index contributed by atoms with van der Waals surface area (Å²) in [6.07, 6.45) is 0. The first-order chi connectivity index (χ1) is 9.63. The Morgan fingerprint density at radius 3 is 2.45 bits per heavy atom. The lowest BCUT2D eigenvalue weighted by Gasteiger charge is -2.10. The number of aromatic hydroxyl groups is 2. The van der Waals surface area contributed by atoms with E-state index in [-0.39, 0.29) is 11.5 Å². The molecule has 0 amide bonds. The van der Waals surface area contributed by atoms with E-state index < -0.39 is 0 Å². The summed E-state index contributed by atoms with van der Waals surface area (Å²) in [5, 5.41) is 22.4. The van der Waals surface area contributed by atoms with Crippen molar-refractivity contribution in [3.63, 3.8) is 0 Å². The summed E-state index contributed by atoms with van der Waals surface area (Å²) in [5.41, 5.74) is 4.30. The van der Waals surface area contributed by atoms with E-state index in [0.717, 1.165) is 38.5 Å². The molecule has 1 heterocycles. The third kappa shape index (κ3) is 1.40. The first kappa shape index (κ1) is 11.2. The molecule has 3 nitrogen and oxygen atoms in total. The predicted molar refractivity (Wildman–Crippen MR) is 80.5 cm³/mol. The maximum atomic E-state index is 9.66. The van der Waals surface area contributed by atoms with Crippen molar-refractivity contribution in [2.24, 2.45) is 0 Å². The molecule has 3 heteroatoms. The van der Waals surface area contributed by atoms with Crippen LogP contribution in [0.25, 0.3) is 32.9 Å². The summed E-state index contributed by atoms with van der Waals surface area (Å²) in [6.45, 7) is 2.05. The van der Waals surface area contributed by atoms with Crippen LogP contribution in [0, 0.1) is 6.92 Å². The molecule has 98 valence electrons. The molecule has 2 aliphatic rings. The number of benzene rings is 2. The SMILES string of the molecule is Cc1c2cc3cc(O)ccc3c-2[nH]c2ccc(O)cc12. The molecule has 20 heavy (non-hydrogen) atoms. The molecule has 4 rings (SSSR count). The van der Waals surface area contributed by atoms with Gasteiger partial charge in [-0.2, -0.15) is 0 Å². The molecule has 0 fully saturated rings. The van der Waals surface area contributed by atoms with Gasteiger partial charge in [0.25, 0.3) is 0 Å². The minimum Gasteiger partial charge on any atom is -0.508 e. The fourth-order valence-electron chi connectivity index (χ4n) is 2.93. The Bertz CT molecular complexity index is 937. The van der Waals surface area contributed by atoms with E-state index >= 15 is 0 Å². The van der Waals surface area contributed by atoms with Gasteiger partial charge in [0.2, 0.25) is 0 Å². The van der Waals surface area contributed by atoms with Crippen LogP contribution >= 0.6 is 0 Å². The topological polar surface area (TPSA) is 56.2 Å². The molecule has 0 atom stereocenters. The van der Waals surface area contributed by atoms with E-state index in [1.807, 2.05) is 12.1 Å². The van der Waals surface area contributed by atoms with Crippen LogP contribution in [0.3, 0.4) is 0 Å². The molecular weight excluding hydrogens is 250 g/mol. The van der Waals surface area contributed by atoms with Gasteiger partial charge in [-0.05, 0) is 60.3 Å². The molecule has 0 aromatic heterocycles. The van der Waals surface area contributed by atoms with Crippen molar-refractivity contribution in [2.45, 2.75) is 6.92 Å². The molecule has 0 spiro atoms. The minimum absolute atomic E-state index is 0.266. The van der Waals surface area contributed by atoms with Crippen molar-refractivity contribution in [2.75, 3.05) is 0 Å². The Labute approximate surface area is 115 Å². The number of rotatable bonds is 0. The Balaban J connectivity index is 2.22. The third-order valence-electron chi connectivity index (χ3n) is 3.94. The predicted octanol–water partition coefficient (Wildman–Crippen LogP) is 4.15. The second-order valence-corrected chi connectivity index (χ2v) is 5.18. The van der Waals surface area contributed by atoms with Gasteiger partial charge in [-0.15, -0.1) is 0 Å². The van der Waals surface area contributed by atoms with Crippen molar-refractivity contribution in [1.82, 2.24) is 4.98 Å². The summed E-state index contributed by atoms with van der Waals surface area (Å²) >= 11 is 0. The molecule has 1 aliphatic heterocycles. The average Bonchev–Trinajstić information content (AvgIpc) is 2.78. The smallest absolute Gasteiger partial charge is 0.116 e. The van der Waals surface area contributed by atoms with Crippen molar-refractivity contribution in [3.8, 4) is 22.8 Å². The second kappa shape index (κ2) is 3.67. The highest BCUT2D eigenvalue weighted by atomic mass is 16.3. The fraction of sp³-hybridized carbons (Fsp3) is 0.0588. The van der Waals surface area contributed by atoms with Crippen LogP contribution in [-0.4, -0.2) is 15.2 Å². The van der Waals surface area contributed by atoms with Crippen LogP contribution in [0.2, 0.25) is 0 Å². The molecule has 1 aliphatic carbocycles. The van der Waals surface area contributed by atoms with Gasteiger partial charge in [-0.1, -0.05) is 0 Å². The number of nitrogens with one attached hydrogen (secondary N) is 1. The number of hydrogen-bond donors (Lipinski definition) is 3. The van der Waals surface area contributed by atoms with E-state index in [9.17, 15) is 10.2 Å². The number of H-pyrrole nitrogens is 1. The highest BCUT2D eigenvalue weighted by Crippen LogP contribution is 2.39. The van der Waals surface area contributed by atoms with Crippen molar-refractivity contribution in [1.29, 1.82) is 0 Å². The van der Waals surface area contributed by atoms with E-state index in [4.69, 9.17) is 0 Å². The van der Waals surface area contributed by atoms with Crippen LogP contribution in [0.4, 0.5) is 0 Å². The van der Waals surface area contributed by atoms with Gasteiger partial charge in [-0.3, -0.25) is 0 Å². The summed E-state index contributed by atoms with van der Waals surface area (Å²) in [5.74, 6) is 0.537. The zero-order chi connectivity index (χ0) is 13.9. The molecule has 0 saturated carbocycles. The van der Waals surface area contributed by atoms with Crippen molar-refractivity contribution < 1.29 is 10.2 Å². The van der Waals surface area contributed by atoms with E-state index in [1.54, 1.807) is 24.3 Å². The number of phenolic OH excluding ortho intramolecular Hbond substituents is 2. The summed E-state index contributed by atoms with van der Waals surface area (Å²) in [6, 6.07) is 12.8. The first-order valence-electron chi connectivity index (χ1n) is 6.50. The highest BCUT2D eigenvalue weighted by Gasteiger charge is 2.15. The molecule has 2 aromatic carbocycles. The Hall–Kier alpha value is -2.68. The normalized spacial score (nSPS) is 11.7. The van der Waals surface area contributed by atoms with Crippen molar-refractivity contribution >= 4 is 21.7 Å². The zero-order valence-corrected chi connectivity index (χ0v) is 10.9. The quantitative estimate of drug-likeness (QED) is 0.446. The lowest BCUT2D eigenvalue weighted by atomic mass is 10.0. The van der Waals surface area contributed by atoms with Crippen LogP contribution in [0.15, 0.2) is 42.5 Å². The summed E-state index contributed by atoms with van der Waals surface area (Å²) in [7, 11) is 0. The Morgan fingerprint density at radius 1 is 0.850 bits per heavy atom. The van der Waals surface area contributed by atoms with Crippen LogP contribution in [0.1, 0.15) is 5.56 Å². The number of hydrogen-bond acceptors (Lipinski definition) is 2. The zero-order valence-electron chi connectivity index (χ0n) is 10.9. The van der Waals surface area contributed by atoms with Crippen LogP contribution < -0.4 is 0 Å². The van der Waals surface area contributed by atoms with E-state index in [2.05, 4.69) is 18.0 Å². The van der Waals surface area contributed by atoms with Gasteiger partial charge in [-0.25, -0.2) is 0 Å². The molecule has 2 aromatic rings. The second-order valence-electron chi connectivity index (χ2n) is 5.18. The van der Waals surface area contributed by atoms with Gasteiger partial charge in [0, 0.05) is 21.9 Å². The molecular formula is C17H13NO2. The number of fused-ring (bicyclic) bond motifs is 4. The lowest BCUT2D eigenvalue weighted by Crippen LogP contribution is -1.89. The Kier molecular flexibility index (Phi) is 2.05. The average molecular weight is 263 g/mol. The van der Waals surface area contributed by atoms with Gasteiger partial charge < -0.3 is 15.2 Å². The third-order valence-corrected chi connectivity index (χ3v) is 3.94. The van der Waals surface area contributed by atoms with Gasteiger partial charge in [0.05, 0.1) is 5.69 Å². The highest BCUT2D eigenvalue weighted by molar-refractivity contribution is 6.06. The minimum atomic E-state index is 0.266. The Morgan fingerprint density at radius 2 is 1.60 bits per heavy atom. The van der Waals surface area contributed by atoms with Gasteiger partial charge in [0.15, 0.2) is 0 Å². The monoisotopic (exact) mass is 263 g/mol. The van der Waals surface area contributed by atoms with Crippen molar-refractivity contribution in [3.05, 3.63) is 48.0 Å². The number of pyridine rings is 1. The molecule has 0 saturated heterocycles. The lowest BCUT2D eigenvalue weighted by molar-refractivity contribution is 0.475. The van der Waals surface area contributed by atoms with Crippen LogP contribution in [0.5, 0.6) is 11.5 Å². The number of aromatic amines is 1. The molecule has 0 unspecified atom stereocenters. The maximum Gasteiger partial charge on any atom is 0.116 e. The number of aromatic nitrogens is 1. The number of phenols is 2. The summed E-state index contributed by atoms with van der Waals surface area (Å²) in [4.78, 5) is 3.43. The standard InChI is InChI=1S/C17H13NO2/c1-9-14-8-12(20)3-5-16(14)18-17-13-4-2-11(19)6-10(13)7-15(9)17/h2-8,18-20H,1H3. The maximum absolute atomic E-state index is 9.66. The van der Waals surface area contributed by atoms with Gasteiger partial charge in [0.1, 0.15) is 11.5 Å². The molecule has 0 bridgehead atoms. The molecule has 3 N–H and O–H groups in total. The van der Waals surface area contributed by atoms with E-state index in [1.165, 1.54) is 0 Å². The van der Waals surface area contributed by atoms with E-state index in [0.29, 0.717) is 0 Å². The fourth-order valence-corrected chi connectivity index (χ4v) is 2.93. The molecule has 0 radical (unpaired) electrons. The summed E-state index contributed by atoms with van der Waals surface area (Å²) < 4.78 is 0. The largest absolute Gasteiger partial charge is 0.508 e. The van der Waals surface area contributed by atoms with Gasteiger partial charge >= 0.3 is 0 Å².